The maximum atomic E-state index is 13.7. The van der Waals surface area contributed by atoms with Gasteiger partial charge in [-0.3, -0.25) is 9.69 Å². The number of nitrogens with one attached hydrogen (secondary N) is 1. The van der Waals surface area contributed by atoms with Gasteiger partial charge in [-0.15, -0.1) is 0 Å². The molecule has 1 aromatic heterocycles. The van der Waals surface area contributed by atoms with Crippen molar-refractivity contribution in [3.05, 3.63) is 47.5 Å². The van der Waals surface area contributed by atoms with Crippen molar-refractivity contribution in [2.24, 2.45) is 0 Å². The van der Waals surface area contributed by atoms with Crippen LogP contribution in [-0.2, 0) is 0 Å². The number of halogens is 2. The predicted molar refractivity (Wildman–Crippen MR) is 120 cm³/mol. The SMILES string of the molecule is COc1ccc2sc(N3CCN(CCNC(=O)c4c(F)cccc4F)CC3)nc2c1OC. The lowest BCUT2D eigenvalue weighted by molar-refractivity contribution is 0.0939. The van der Waals surface area contributed by atoms with Gasteiger partial charge in [0, 0.05) is 39.3 Å². The number of hydrogen-bond acceptors (Lipinski definition) is 7. The van der Waals surface area contributed by atoms with Gasteiger partial charge in [0.2, 0.25) is 0 Å². The van der Waals surface area contributed by atoms with Gasteiger partial charge in [-0.2, -0.15) is 0 Å². The largest absolute Gasteiger partial charge is 0.493 e. The van der Waals surface area contributed by atoms with Crippen LogP contribution in [0.15, 0.2) is 30.3 Å². The third-order valence-corrected chi connectivity index (χ3v) is 6.52. The maximum absolute atomic E-state index is 13.7. The summed E-state index contributed by atoms with van der Waals surface area (Å²) in [6, 6.07) is 7.24. The first-order chi connectivity index (χ1) is 15.5. The first-order valence-corrected chi connectivity index (χ1v) is 11.0. The minimum Gasteiger partial charge on any atom is -0.493 e. The quantitative estimate of drug-likeness (QED) is 0.582. The summed E-state index contributed by atoms with van der Waals surface area (Å²) in [5.41, 5.74) is 0.248. The van der Waals surface area contributed by atoms with E-state index >= 15 is 0 Å². The monoisotopic (exact) mass is 462 g/mol. The van der Waals surface area contributed by atoms with Crippen LogP contribution in [0.25, 0.3) is 10.2 Å². The van der Waals surface area contributed by atoms with Crippen LogP contribution in [0.2, 0.25) is 0 Å². The van der Waals surface area contributed by atoms with Crippen molar-refractivity contribution in [1.29, 1.82) is 0 Å². The summed E-state index contributed by atoms with van der Waals surface area (Å²) >= 11 is 1.61. The number of rotatable bonds is 7. The third-order valence-electron chi connectivity index (χ3n) is 5.44. The van der Waals surface area contributed by atoms with Gasteiger partial charge in [0.05, 0.1) is 18.9 Å². The van der Waals surface area contributed by atoms with Crippen LogP contribution in [0.4, 0.5) is 13.9 Å². The van der Waals surface area contributed by atoms with Gasteiger partial charge in [-0.05, 0) is 24.3 Å². The molecule has 32 heavy (non-hydrogen) atoms. The minimum atomic E-state index is -0.860. The molecule has 0 aliphatic carbocycles. The first kappa shape index (κ1) is 22.2. The zero-order chi connectivity index (χ0) is 22.7. The summed E-state index contributed by atoms with van der Waals surface area (Å²) in [6.07, 6.45) is 0. The van der Waals surface area contributed by atoms with Crippen molar-refractivity contribution in [2.45, 2.75) is 0 Å². The first-order valence-electron chi connectivity index (χ1n) is 10.2. The fraction of sp³-hybridized carbons (Fsp3) is 0.364. The highest BCUT2D eigenvalue weighted by Gasteiger charge is 2.22. The molecule has 0 bridgehead atoms. The van der Waals surface area contributed by atoms with E-state index in [-0.39, 0.29) is 0 Å². The molecule has 3 aromatic rings. The molecule has 0 saturated carbocycles. The van der Waals surface area contributed by atoms with E-state index in [1.54, 1.807) is 25.6 Å². The van der Waals surface area contributed by atoms with Gasteiger partial charge in [0.1, 0.15) is 22.7 Å². The number of ether oxygens (including phenoxy) is 2. The smallest absolute Gasteiger partial charge is 0.257 e. The molecule has 1 saturated heterocycles. The molecule has 1 N–H and O–H groups in total. The lowest BCUT2D eigenvalue weighted by Gasteiger charge is -2.34. The zero-order valence-corrected chi connectivity index (χ0v) is 18.7. The lowest BCUT2D eigenvalue weighted by atomic mass is 10.2. The number of thiazole rings is 1. The van der Waals surface area contributed by atoms with E-state index < -0.39 is 23.1 Å². The topological polar surface area (TPSA) is 66.9 Å². The summed E-state index contributed by atoms with van der Waals surface area (Å²) in [7, 11) is 3.21. The Kier molecular flexibility index (Phi) is 6.71. The zero-order valence-electron chi connectivity index (χ0n) is 17.9. The Balaban J connectivity index is 1.31. The second-order valence-electron chi connectivity index (χ2n) is 7.33. The molecule has 170 valence electrons. The molecule has 1 fully saturated rings. The van der Waals surface area contributed by atoms with Crippen molar-refractivity contribution in [1.82, 2.24) is 15.2 Å². The Bertz CT molecular complexity index is 1100. The number of amides is 1. The second-order valence-corrected chi connectivity index (χ2v) is 8.33. The molecule has 0 radical (unpaired) electrons. The molecule has 2 heterocycles. The molecular weight excluding hydrogens is 438 g/mol. The van der Waals surface area contributed by atoms with Crippen LogP contribution in [0.3, 0.4) is 0 Å². The number of anilines is 1. The molecule has 4 rings (SSSR count). The molecule has 1 aliphatic rings. The summed E-state index contributed by atoms with van der Waals surface area (Å²) < 4.78 is 39.3. The Morgan fingerprint density at radius 2 is 1.81 bits per heavy atom. The number of nitrogens with zero attached hydrogens (tertiary/aromatic N) is 3. The van der Waals surface area contributed by atoms with Gasteiger partial charge in [0.15, 0.2) is 16.6 Å². The molecule has 7 nitrogen and oxygen atoms in total. The molecule has 1 amide bonds. The van der Waals surface area contributed by atoms with Crippen LogP contribution in [0.5, 0.6) is 11.5 Å². The normalized spacial score (nSPS) is 14.6. The van der Waals surface area contributed by atoms with Crippen molar-refractivity contribution in [3.63, 3.8) is 0 Å². The Hall–Kier alpha value is -2.98. The number of carbonyl (C=O) groups is 1. The van der Waals surface area contributed by atoms with E-state index in [0.717, 1.165) is 53.7 Å². The van der Waals surface area contributed by atoms with Gasteiger partial charge in [-0.25, -0.2) is 13.8 Å². The van der Waals surface area contributed by atoms with Crippen LogP contribution in [0.1, 0.15) is 10.4 Å². The number of hydrogen-bond donors (Lipinski definition) is 1. The average Bonchev–Trinajstić information content (AvgIpc) is 3.23. The highest BCUT2D eigenvalue weighted by Crippen LogP contribution is 2.40. The Morgan fingerprint density at radius 3 is 2.47 bits per heavy atom. The van der Waals surface area contributed by atoms with Gasteiger partial charge < -0.3 is 19.7 Å². The summed E-state index contributed by atoms with van der Waals surface area (Å²) in [5, 5.41) is 3.53. The number of methoxy groups -OCH3 is 2. The van der Waals surface area contributed by atoms with Crippen LogP contribution < -0.4 is 19.7 Å². The minimum absolute atomic E-state index is 0.310. The molecule has 1 aliphatic heterocycles. The van der Waals surface area contributed by atoms with E-state index in [1.807, 2.05) is 12.1 Å². The van der Waals surface area contributed by atoms with Crippen LogP contribution >= 0.6 is 11.3 Å². The number of piperazine rings is 1. The Morgan fingerprint density at radius 1 is 1.09 bits per heavy atom. The van der Waals surface area contributed by atoms with E-state index in [0.29, 0.717) is 24.6 Å². The fourth-order valence-electron chi connectivity index (χ4n) is 3.73. The summed E-state index contributed by atoms with van der Waals surface area (Å²) in [6.45, 7) is 4.07. The highest BCUT2D eigenvalue weighted by molar-refractivity contribution is 7.22. The molecule has 0 spiro atoms. The van der Waals surface area contributed by atoms with Gasteiger partial charge >= 0.3 is 0 Å². The van der Waals surface area contributed by atoms with E-state index in [1.165, 1.54) is 6.07 Å². The van der Waals surface area contributed by atoms with Crippen molar-refractivity contribution >= 4 is 32.6 Å². The predicted octanol–water partition coefficient (Wildman–Crippen LogP) is 3.14. The van der Waals surface area contributed by atoms with E-state index in [2.05, 4.69) is 15.1 Å². The standard InChI is InChI=1S/C22H24F2N4O3S/c1-30-16-6-7-17-19(20(16)31-2)26-22(32-17)28-12-10-27(11-13-28)9-8-25-21(29)18-14(23)4-3-5-15(18)24/h3-7H,8-13H2,1-2H3,(H,25,29). The number of fused-ring (bicyclic) bond motifs is 1. The van der Waals surface area contributed by atoms with Crippen molar-refractivity contribution in [3.8, 4) is 11.5 Å². The van der Waals surface area contributed by atoms with Gasteiger partial charge in [0.25, 0.3) is 5.91 Å². The second kappa shape index (κ2) is 9.66. The Labute approximate surface area is 188 Å². The number of aromatic nitrogens is 1. The van der Waals surface area contributed by atoms with Crippen molar-refractivity contribution in [2.75, 3.05) is 58.4 Å². The maximum Gasteiger partial charge on any atom is 0.257 e. The van der Waals surface area contributed by atoms with Crippen LogP contribution in [-0.4, -0.2) is 69.3 Å². The summed E-state index contributed by atoms with van der Waals surface area (Å²) in [5.74, 6) is -1.17. The lowest BCUT2D eigenvalue weighted by Crippen LogP contribution is -2.48. The highest BCUT2D eigenvalue weighted by atomic mass is 32.1. The fourth-order valence-corrected chi connectivity index (χ4v) is 4.74. The van der Waals surface area contributed by atoms with E-state index in [9.17, 15) is 13.6 Å². The molecule has 0 unspecified atom stereocenters. The molecule has 10 heteroatoms. The average molecular weight is 463 g/mol. The molecule has 2 aromatic carbocycles. The summed E-state index contributed by atoms with van der Waals surface area (Å²) in [4.78, 5) is 21.3. The molecular formula is C22H24F2N4O3S. The van der Waals surface area contributed by atoms with Crippen LogP contribution in [0, 0.1) is 11.6 Å². The van der Waals surface area contributed by atoms with Gasteiger partial charge in [-0.1, -0.05) is 17.4 Å². The third kappa shape index (κ3) is 4.46. The van der Waals surface area contributed by atoms with Crippen molar-refractivity contribution < 1.29 is 23.0 Å². The number of carbonyl (C=O) groups excluding carboxylic acids is 1. The molecule has 0 atom stereocenters. The van der Waals surface area contributed by atoms with E-state index in [4.69, 9.17) is 14.5 Å². The number of benzene rings is 2.